The maximum atomic E-state index is 11.7. The van der Waals surface area contributed by atoms with Crippen molar-refractivity contribution in [1.82, 2.24) is 15.1 Å². The van der Waals surface area contributed by atoms with E-state index in [1.165, 1.54) is 0 Å². The van der Waals surface area contributed by atoms with Crippen LogP contribution in [-0.4, -0.2) is 27.8 Å². The lowest BCUT2D eigenvalue weighted by Crippen LogP contribution is -2.35. The summed E-state index contributed by atoms with van der Waals surface area (Å²) in [4.78, 5) is 22.4. The number of aldehydes is 1. The lowest BCUT2D eigenvalue weighted by molar-refractivity contribution is -0.108. The number of aromatic nitrogens is 2. The first-order valence-corrected chi connectivity index (χ1v) is 6.31. The minimum atomic E-state index is -0.566. The Labute approximate surface area is 113 Å². The highest BCUT2D eigenvalue weighted by molar-refractivity contribution is 5.69. The predicted octanol–water partition coefficient (Wildman–Crippen LogP) is 2.06. The molecule has 0 unspecified atom stereocenters. The van der Waals surface area contributed by atoms with Gasteiger partial charge in [0, 0.05) is 24.7 Å². The monoisotopic (exact) mass is 267 g/mol. The van der Waals surface area contributed by atoms with Crippen molar-refractivity contribution in [3.63, 3.8) is 0 Å². The summed E-state index contributed by atoms with van der Waals surface area (Å²) in [5, 5.41) is 6.81. The average Bonchev–Trinajstić information content (AvgIpc) is 2.74. The Kier molecular flexibility index (Phi) is 5.09. The van der Waals surface area contributed by atoms with E-state index in [1.54, 1.807) is 31.6 Å². The molecule has 19 heavy (non-hydrogen) atoms. The normalized spacial score (nSPS) is 12.8. The van der Waals surface area contributed by atoms with Crippen LogP contribution in [0.5, 0.6) is 0 Å². The van der Waals surface area contributed by atoms with Crippen LogP contribution in [-0.2, 0) is 16.1 Å². The molecular weight excluding hydrogens is 246 g/mol. The Bertz CT molecular complexity index is 435. The third-order valence-electron chi connectivity index (χ3n) is 2.40. The SMILES string of the molecule is CCn1cc([C@H](CC=O)NC(=O)OC(C)(C)C)cn1. The number of aryl methyl sites for hydroxylation is 1. The van der Waals surface area contributed by atoms with E-state index in [0.717, 1.165) is 18.4 Å². The maximum absolute atomic E-state index is 11.7. The van der Waals surface area contributed by atoms with Gasteiger partial charge < -0.3 is 14.8 Å². The summed E-state index contributed by atoms with van der Waals surface area (Å²) in [6.45, 7) is 8.07. The molecule has 0 saturated carbocycles. The van der Waals surface area contributed by atoms with E-state index in [-0.39, 0.29) is 6.42 Å². The zero-order chi connectivity index (χ0) is 14.5. The molecule has 0 spiro atoms. The summed E-state index contributed by atoms with van der Waals surface area (Å²) in [6, 6.07) is -0.410. The van der Waals surface area contributed by atoms with Gasteiger partial charge in [-0.05, 0) is 27.7 Å². The van der Waals surface area contributed by atoms with E-state index >= 15 is 0 Å². The first kappa shape index (κ1) is 15.2. The summed E-state index contributed by atoms with van der Waals surface area (Å²) in [5.41, 5.74) is 0.225. The van der Waals surface area contributed by atoms with Gasteiger partial charge in [-0.2, -0.15) is 5.10 Å². The predicted molar refractivity (Wildman–Crippen MR) is 70.7 cm³/mol. The van der Waals surface area contributed by atoms with E-state index in [4.69, 9.17) is 4.74 Å². The Morgan fingerprint density at radius 1 is 1.58 bits per heavy atom. The van der Waals surface area contributed by atoms with Crippen molar-refractivity contribution in [2.24, 2.45) is 0 Å². The van der Waals surface area contributed by atoms with Crippen LogP contribution in [0.25, 0.3) is 0 Å². The number of carbonyl (C=O) groups excluding carboxylic acids is 2. The van der Waals surface area contributed by atoms with Crippen molar-refractivity contribution in [2.75, 3.05) is 0 Å². The van der Waals surface area contributed by atoms with Crippen LogP contribution < -0.4 is 5.32 Å². The molecular formula is C13H21N3O3. The maximum Gasteiger partial charge on any atom is 0.408 e. The molecule has 0 saturated heterocycles. The Hall–Kier alpha value is -1.85. The molecule has 106 valence electrons. The van der Waals surface area contributed by atoms with E-state index in [1.807, 2.05) is 13.1 Å². The van der Waals surface area contributed by atoms with E-state index in [2.05, 4.69) is 10.4 Å². The highest BCUT2D eigenvalue weighted by Gasteiger charge is 2.21. The van der Waals surface area contributed by atoms with Crippen molar-refractivity contribution in [3.05, 3.63) is 18.0 Å². The summed E-state index contributed by atoms with van der Waals surface area (Å²) < 4.78 is 6.92. The van der Waals surface area contributed by atoms with Gasteiger partial charge in [-0.3, -0.25) is 4.68 Å². The van der Waals surface area contributed by atoms with Crippen LogP contribution in [0, 0.1) is 0 Å². The fourth-order valence-corrected chi connectivity index (χ4v) is 1.56. The molecule has 0 aromatic carbocycles. The molecule has 1 N–H and O–H groups in total. The van der Waals surface area contributed by atoms with Crippen molar-refractivity contribution >= 4 is 12.4 Å². The minimum Gasteiger partial charge on any atom is -0.444 e. The highest BCUT2D eigenvalue weighted by atomic mass is 16.6. The Morgan fingerprint density at radius 2 is 2.26 bits per heavy atom. The molecule has 0 aliphatic rings. The molecule has 0 bridgehead atoms. The second-order valence-electron chi connectivity index (χ2n) is 5.23. The largest absolute Gasteiger partial charge is 0.444 e. The van der Waals surface area contributed by atoms with Crippen molar-refractivity contribution in [2.45, 2.75) is 52.3 Å². The summed E-state index contributed by atoms with van der Waals surface area (Å²) in [7, 11) is 0. The van der Waals surface area contributed by atoms with Gasteiger partial charge in [0.05, 0.1) is 12.2 Å². The van der Waals surface area contributed by atoms with Crippen LogP contribution >= 0.6 is 0 Å². The zero-order valence-corrected chi connectivity index (χ0v) is 11.8. The Balaban J connectivity index is 2.72. The van der Waals surface area contributed by atoms with Crippen LogP contribution in [0.1, 0.15) is 45.7 Å². The standard InChI is InChI=1S/C13H21N3O3/c1-5-16-9-10(8-14-16)11(6-7-17)15-12(18)19-13(2,3)4/h7-9,11H,5-6H2,1-4H3,(H,15,18)/t11-/m0/s1. The average molecular weight is 267 g/mol. The van der Waals surface area contributed by atoms with Gasteiger partial charge in [-0.15, -0.1) is 0 Å². The lowest BCUT2D eigenvalue weighted by Gasteiger charge is -2.22. The van der Waals surface area contributed by atoms with Gasteiger partial charge in [0.1, 0.15) is 11.9 Å². The smallest absolute Gasteiger partial charge is 0.408 e. The molecule has 1 atom stereocenters. The fourth-order valence-electron chi connectivity index (χ4n) is 1.56. The number of hydrogen-bond donors (Lipinski definition) is 1. The molecule has 0 aliphatic heterocycles. The van der Waals surface area contributed by atoms with Gasteiger partial charge in [0.15, 0.2) is 0 Å². The van der Waals surface area contributed by atoms with Crippen LogP contribution in [0.2, 0.25) is 0 Å². The summed E-state index contributed by atoms with van der Waals surface area (Å²) in [6.07, 6.45) is 3.88. The number of ether oxygens (including phenoxy) is 1. The number of hydrogen-bond acceptors (Lipinski definition) is 4. The van der Waals surface area contributed by atoms with Crippen LogP contribution in [0.3, 0.4) is 0 Å². The molecule has 1 amide bonds. The van der Waals surface area contributed by atoms with Gasteiger partial charge in [-0.1, -0.05) is 0 Å². The topological polar surface area (TPSA) is 73.2 Å². The van der Waals surface area contributed by atoms with Crippen molar-refractivity contribution < 1.29 is 14.3 Å². The van der Waals surface area contributed by atoms with Gasteiger partial charge in [0.25, 0.3) is 0 Å². The second kappa shape index (κ2) is 6.36. The quantitative estimate of drug-likeness (QED) is 0.829. The second-order valence-corrected chi connectivity index (χ2v) is 5.23. The van der Waals surface area contributed by atoms with Crippen LogP contribution in [0.4, 0.5) is 4.79 Å². The molecule has 0 aliphatic carbocycles. The van der Waals surface area contributed by atoms with E-state index in [9.17, 15) is 9.59 Å². The zero-order valence-electron chi connectivity index (χ0n) is 11.8. The number of nitrogens with zero attached hydrogens (tertiary/aromatic N) is 2. The van der Waals surface area contributed by atoms with Crippen molar-refractivity contribution in [3.8, 4) is 0 Å². The minimum absolute atomic E-state index is 0.189. The van der Waals surface area contributed by atoms with Crippen LogP contribution in [0.15, 0.2) is 12.4 Å². The van der Waals surface area contributed by atoms with Gasteiger partial charge in [-0.25, -0.2) is 4.79 Å². The summed E-state index contributed by atoms with van der Waals surface area (Å²) in [5.74, 6) is 0. The number of nitrogens with one attached hydrogen (secondary N) is 1. The highest BCUT2D eigenvalue weighted by Crippen LogP contribution is 2.16. The third kappa shape index (κ3) is 5.11. The molecule has 6 heteroatoms. The third-order valence-corrected chi connectivity index (χ3v) is 2.40. The molecule has 1 heterocycles. The fraction of sp³-hybridized carbons (Fsp3) is 0.615. The van der Waals surface area contributed by atoms with E-state index in [0.29, 0.717) is 0 Å². The lowest BCUT2D eigenvalue weighted by atomic mass is 10.1. The number of amides is 1. The number of alkyl carbamates (subject to hydrolysis) is 1. The van der Waals surface area contributed by atoms with E-state index < -0.39 is 17.7 Å². The first-order valence-electron chi connectivity index (χ1n) is 6.31. The van der Waals surface area contributed by atoms with Gasteiger partial charge in [0.2, 0.25) is 0 Å². The Morgan fingerprint density at radius 3 is 2.74 bits per heavy atom. The summed E-state index contributed by atoms with van der Waals surface area (Å²) >= 11 is 0. The molecule has 0 fully saturated rings. The molecule has 1 aromatic heterocycles. The molecule has 6 nitrogen and oxygen atoms in total. The first-order chi connectivity index (χ1) is 8.85. The number of rotatable bonds is 5. The molecule has 0 radical (unpaired) electrons. The van der Waals surface area contributed by atoms with Crippen molar-refractivity contribution in [1.29, 1.82) is 0 Å². The molecule has 1 aromatic rings. The molecule has 1 rings (SSSR count). The van der Waals surface area contributed by atoms with Gasteiger partial charge >= 0.3 is 6.09 Å². The number of carbonyl (C=O) groups is 2.